The molecule has 1 atom stereocenters. The van der Waals surface area contributed by atoms with Crippen molar-refractivity contribution in [3.63, 3.8) is 0 Å². The normalized spacial score (nSPS) is 32.2. The van der Waals surface area contributed by atoms with E-state index in [4.69, 9.17) is 4.74 Å². The highest BCUT2D eigenvalue weighted by molar-refractivity contribution is 7.89. The molecule has 4 rings (SSSR count). The first-order valence-electron chi connectivity index (χ1n) is 12.3. The average Bonchev–Trinajstić information content (AvgIpc) is 3.29. The lowest BCUT2D eigenvalue weighted by Crippen LogP contribution is -2.44. The van der Waals surface area contributed by atoms with Gasteiger partial charge in [0.1, 0.15) is 4.90 Å². The van der Waals surface area contributed by atoms with Gasteiger partial charge in [-0.25, -0.2) is 26.9 Å². The molecule has 0 saturated heterocycles. The van der Waals surface area contributed by atoms with E-state index in [0.717, 1.165) is 0 Å². The highest BCUT2D eigenvalue weighted by Gasteiger charge is 2.70. The third kappa shape index (κ3) is 5.37. The van der Waals surface area contributed by atoms with E-state index >= 15 is 0 Å². The summed E-state index contributed by atoms with van der Waals surface area (Å²) in [5, 5.41) is 0. The molecular formula is C24H35F2N3O4S. The molecular weight excluding hydrogens is 464 g/mol. The molecule has 0 radical (unpaired) electrons. The fraction of sp³-hybridized carbons (Fsp3) is 0.750. The summed E-state index contributed by atoms with van der Waals surface area (Å²) in [7, 11) is -3.79. The van der Waals surface area contributed by atoms with Crippen LogP contribution in [0.25, 0.3) is 0 Å². The zero-order valence-electron chi connectivity index (χ0n) is 20.0. The van der Waals surface area contributed by atoms with Crippen LogP contribution >= 0.6 is 0 Å². The molecule has 1 N–H and O–H groups in total. The Morgan fingerprint density at radius 3 is 2.53 bits per heavy atom. The summed E-state index contributed by atoms with van der Waals surface area (Å²) < 4.78 is 61.8. The molecule has 1 aromatic heterocycles. The highest BCUT2D eigenvalue weighted by Crippen LogP contribution is 2.67. The van der Waals surface area contributed by atoms with Gasteiger partial charge in [-0.15, -0.1) is 0 Å². The smallest absolute Gasteiger partial charge is 0.254 e. The second kappa shape index (κ2) is 9.68. The van der Waals surface area contributed by atoms with E-state index in [1.807, 2.05) is 11.8 Å². The topological polar surface area (TPSA) is 88.6 Å². The largest absolute Gasteiger partial charge is 0.474 e. The van der Waals surface area contributed by atoms with Crippen LogP contribution in [-0.4, -0.2) is 55.4 Å². The van der Waals surface area contributed by atoms with E-state index in [0.29, 0.717) is 70.0 Å². The van der Waals surface area contributed by atoms with Crippen LogP contribution in [0.1, 0.15) is 76.8 Å². The van der Waals surface area contributed by atoms with Crippen molar-refractivity contribution in [2.45, 2.75) is 101 Å². The molecule has 1 spiro atoms. The summed E-state index contributed by atoms with van der Waals surface area (Å²) in [4.78, 5) is 19.3. The summed E-state index contributed by atoms with van der Waals surface area (Å²) in [6.45, 7) is 4.39. The van der Waals surface area contributed by atoms with E-state index in [1.165, 1.54) is 6.07 Å². The van der Waals surface area contributed by atoms with Crippen molar-refractivity contribution in [1.29, 1.82) is 0 Å². The Balaban J connectivity index is 1.46. The molecule has 3 aliphatic rings. The van der Waals surface area contributed by atoms with Crippen molar-refractivity contribution in [2.75, 3.05) is 13.1 Å². The minimum absolute atomic E-state index is 0.00928. The predicted octanol–water partition coefficient (Wildman–Crippen LogP) is 4.20. The first-order chi connectivity index (χ1) is 16.0. The lowest BCUT2D eigenvalue weighted by molar-refractivity contribution is -0.135. The van der Waals surface area contributed by atoms with Crippen LogP contribution in [0.2, 0.25) is 0 Å². The van der Waals surface area contributed by atoms with Crippen molar-refractivity contribution in [2.24, 2.45) is 5.41 Å². The molecule has 1 amide bonds. The second-order valence-corrected chi connectivity index (χ2v) is 11.9. The van der Waals surface area contributed by atoms with Crippen LogP contribution in [0, 0.1) is 12.3 Å². The Morgan fingerprint density at radius 2 is 1.85 bits per heavy atom. The van der Waals surface area contributed by atoms with Crippen molar-refractivity contribution >= 4 is 15.9 Å². The Kier molecular flexibility index (Phi) is 7.20. The van der Waals surface area contributed by atoms with Gasteiger partial charge in [0.2, 0.25) is 21.8 Å². The molecule has 2 aliphatic carbocycles. The minimum Gasteiger partial charge on any atom is -0.474 e. The number of ether oxygens (including phenoxy) is 1. The number of carbonyl (C=O) groups is 1. The third-order valence-electron chi connectivity index (χ3n) is 7.57. The first kappa shape index (κ1) is 25.3. The molecule has 10 heteroatoms. The van der Waals surface area contributed by atoms with Gasteiger partial charge < -0.3 is 9.64 Å². The molecule has 1 aromatic rings. The summed E-state index contributed by atoms with van der Waals surface area (Å²) in [5.41, 5.74) is -0.168. The van der Waals surface area contributed by atoms with E-state index in [1.54, 1.807) is 13.0 Å². The SMILES string of the molecule is Cc1ccc2c(n1)O[C@H](C)CCCN(C1CCC3(CC1)CC3(F)F)C(=O)CCCCNS2(=O)=O. The molecule has 7 nitrogen and oxygen atoms in total. The predicted molar refractivity (Wildman–Crippen MR) is 123 cm³/mol. The lowest BCUT2D eigenvalue weighted by atomic mass is 9.82. The Hall–Kier alpha value is -1.81. The van der Waals surface area contributed by atoms with Crippen molar-refractivity contribution < 1.29 is 26.7 Å². The molecule has 2 fully saturated rings. The number of pyridine rings is 1. The van der Waals surface area contributed by atoms with Crippen LogP contribution < -0.4 is 9.46 Å². The standard InChI is InChI=1S/C24H35F2N3O4S/c1-17-8-9-20-22(28-17)33-18(2)6-5-15-29(21(30)7-3-4-14-27-34(20,31)32)19-10-12-23(13-11-19)16-24(23,25)26/h8-9,18-19,27H,3-7,10-16H2,1-2H3/t18-,19?,23?/m1/s1. The molecule has 34 heavy (non-hydrogen) atoms. The van der Waals surface area contributed by atoms with Crippen LogP contribution in [0.5, 0.6) is 5.88 Å². The Labute approximate surface area is 200 Å². The number of carbonyl (C=O) groups excluding carboxylic acids is 1. The summed E-state index contributed by atoms with van der Waals surface area (Å²) in [6.07, 6.45) is 4.54. The average molecular weight is 500 g/mol. The molecule has 1 aliphatic heterocycles. The first-order valence-corrected chi connectivity index (χ1v) is 13.8. The van der Waals surface area contributed by atoms with Crippen molar-refractivity contribution in [3.05, 3.63) is 17.8 Å². The second-order valence-electron chi connectivity index (χ2n) is 10.2. The van der Waals surface area contributed by atoms with E-state index in [9.17, 15) is 22.0 Å². The Morgan fingerprint density at radius 1 is 1.15 bits per heavy atom. The van der Waals surface area contributed by atoms with Gasteiger partial charge in [-0.1, -0.05) is 0 Å². The quantitative estimate of drug-likeness (QED) is 0.626. The van der Waals surface area contributed by atoms with Crippen molar-refractivity contribution in [3.8, 4) is 5.88 Å². The number of hydrogen-bond donors (Lipinski definition) is 1. The summed E-state index contributed by atoms with van der Waals surface area (Å²) in [5.74, 6) is -2.43. The van der Waals surface area contributed by atoms with E-state index < -0.39 is 21.4 Å². The van der Waals surface area contributed by atoms with Gasteiger partial charge >= 0.3 is 0 Å². The van der Waals surface area contributed by atoms with Crippen LogP contribution in [0.4, 0.5) is 8.78 Å². The molecule has 2 saturated carbocycles. The molecule has 0 unspecified atom stereocenters. The van der Waals surface area contributed by atoms with Gasteiger partial charge in [-0.2, -0.15) is 0 Å². The summed E-state index contributed by atoms with van der Waals surface area (Å²) >= 11 is 0. The molecule has 0 bridgehead atoms. The number of alkyl halides is 2. The van der Waals surface area contributed by atoms with Crippen LogP contribution in [-0.2, 0) is 14.8 Å². The number of nitrogens with zero attached hydrogens (tertiary/aromatic N) is 2. The van der Waals surface area contributed by atoms with Gasteiger partial charge in [0.25, 0.3) is 5.92 Å². The minimum atomic E-state index is -3.79. The number of hydrogen-bond acceptors (Lipinski definition) is 5. The number of aromatic nitrogens is 1. The van der Waals surface area contributed by atoms with Gasteiger partial charge in [-0.3, -0.25) is 4.79 Å². The number of halogens is 2. The maximum atomic E-state index is 13.8. The molecule has 190 valence electrons. The maximum absolute atomic E-state index is 13.8. The number of fused-ring (bicyclic) bond motifs is 1. The number of nitrogens with one attached hydrogen (secondary N) is 1. The molecule has 0 aromatic carbocycles. The van der Waals surface area contributed by atoms with Gasteiger partial charge in [0.15, 0.2) is 0 Å². The van der Waals surface area contributed by atoms with Crippen LogP contribution in [0.3, 0.4) is 0 Å². The summed E-state index contributed by atoms with van der Waals surface area (Å²) in [6, 6.07) is 3.14. The van der Waals surface area contributed by atoms with E-state index in [-0.39, 0.29) is 41.8 Å². The fourth-order valence-electron chi connectivity index (χ4n) is 5.34. The van der Waals surface area contributed by atoms with Crippen molar-refractivity contribution in [1.82, 2.24) is 14.6 Å². The third-order valence-corrected chi connectivity index (χ3v) is 9.04. The molecule has 2 heterocycles. The highest BCUT2D eigenvalue weighted by atomic mass is 32.2. The van der Waals surface area contributed by atoms with Gasteiger partial charge in [-0.05, 0) is 77.3 Å². The zero-order chi connectivity index (χ0) is 24.6. The van der Waals surface area contributed by atoms with Gasteiger partial charge in [0, 0.05) is 43.1 Å². The zero-order valence-corrected chi connectivity index (χ0v) is 20.8. The lowest BCUT2D eigenvalue weighted by Gasteiger charge is -2.37. The Bertz CT molecular complexity index is 1010. The fourth-order valence-corrected chi connectivity index (χ4v) is 6.48. The number of aryl methyl sites for hydroxylation is 1. The number of rotatable bonds is 1. The van der Waals surface area contributed by atoms with Gasteiger partial charge in [0.05, 0.1) is 6.10 Å². The number of amides is 1. The number of sulfonamides is 1. The van der Waals surface area contributed by atoms with Crippen LogP contribution in [0.15, 0.2) is 17.0 Å². The van der Waals surface area contributed by atoms with E-state index in [2.05, 4.69) is 9.71 Å². The maximum Gasteiger partial charge on any atom is 0.254 e. The monoisotopic (exact) mass is 499 g/mol.